The molecule has 0 fully saturated rings. The summed E-state index contributed by atoms with van der Waals surface area (Å²) >= 11 is 0. The van der Waals surface area contributed by atoms with E-state index in [1.54, 1.807) is 20.2 Å². The minimum Gasteiger partial charge on any atom is -0.496 e. The number of hydrogen-bond donors (Lipinski definition) is 1. The molecule has 2 rings (SSSR count). The highest BCUT2D eigenvalue weighted by Crippen LogP contribution is 2.46. The van der Waals surface area contributed by atoms with Gasteiger partial charge in [-0.15, -0.1) is 0 Å². The first-order valence-electron chi connectivity index (χ1n) is 9.02. The van der Waals surface area contributed by atoms with Crippen LogP contribution in [0.15, 0.2) is 29.5 Å². The molecule has 1 aromatic carbocycles. The molecule has 9 heteroatoms. The number of alkyl halides is 3. The molecule has 1 atom stereocenters. The standard InChI is InChI=1S/C20H25F3N4O2/c1-6-27(4)12-26-17-9-18(29-5)16(7-13(17)2)19(28,20(21,22)23)10-15-8-14(3)24-11-25-15/h7-9,11-12,28H,6,10H2,1-5H3/b26-12+. The number of aliphatic imine (C=N–C) groups is 1. The van der Waals surface area contributed by atoms with Crippen molar-refractivity contribution >= 4 is 12.0 Å². The number of aliphatic hydroxyl groups is 1. The van der Waals surface area contributed by atoms with Crippen LogP contribution in [-0.4, -0.2) is 53.2 Å². The summed E-state index contributed by atoms with van der Waals surface area (Å²) in [5, 5.41) is 10.8. The largest absolute Gasteiger partial charge is 0.496 e. The molecule has 29 heavy (non-hydrogen) atoms. The number of ether oxygens (including phenoxy) is 1. The molecule has 0 aliphatic heterocycles. The van der Waals surface area contributed by atoms with Crippen LogP contribution >= 0.6 is 0 Å². The maximum atomic E-state index is 14.0. The van der Waals surface area contributed by atoms with Gasteiger partial charge in [0.15, 0.2) is 5.60 Å². The lowest BCUT2D eigenvalue weighted by Crippen LogP contribution is -2.44. The quantitative estimate of drug-likeness (QED) is 0.557. The molecule has 0 saturated carbocycles. The van der Waals surface area contributed by atoms with Gasteiger partial charge in [-0.05, 0) is 38.5 Å². The molecule has 0 bridgehead atoms. The predicted octanol–water partition coefficient (Wildman–Crippen LogP) is 3.71. The van der Waals surface area contributed by atoms with E-state index in [0.29, 0.717) is 16.9 Å². The van der Waals surface area contributed by atoms with Crippen LogP contribution in [0.4, 0.5) is 18.9 Å². The summed E-state index contributed by atoms with van der Waals surface area (Å²) in [6.07, 6.45) is -2.97. The van der Waals surface area contributed by atoms with Crippen LogP contribution in [0.1, 0.15) is 29.4 Å². The monoisotopic (exact) mass is 410 g/mol. The summed E-state index contributed by atoms with van der Waals surface area (Å²) in [7, 11) is 3.09. The molecule has 1 N–H and O–H groups in total. The molecule has 0 aliphatic carbocycles. The van der Waals surface area contributed by atoms with E-state index in [4.69, 9.17) is 4.74 Å². The van der Waals surface area contributed by atoms with Crippen molar-refractivity contribution in [3.8, 4) is 5.75 Å². The van der Waals surface area contributed by atoms with Gasteiger partial charge in [-0.25, -0.2) is 15.0 Å². The summed E-state index contributed by atoms with van der Waals surface area (Å²) in [6.45, 7) is 5.95. The van der Waals surface area contributed by atoms with Crippen LogP contribution in [0.2, 0.25) is 0 Å². The Balaban J connectivity index is 2.59. The summed E-state index contributed by atoms with van der Waals surface area (Å²) in [4.78, 5) is 13.9. The van der Waals surface area contributed by atoms with Crippen molar-refractivity contribution < 1.29 is 23.0 Å². The maximum Gasteiger partial charge on any atom is 0.421 e. The summed E-state index contributed by atoms with van der Waals surface area (Å²) in [6, 6.07) is 4.07. The molecule has 0 amide bonds. The van der Waals surface area contributed by atoms with Gasteiger partial charge in [0.2, 0.25) is 0 Å². The topological polar surface area (TPSA) is 70.8 Å². The van der Waals surface area contributed by atoms with Crippen molar-refractivity contribution in [3.63, 3.8) is 0 Å². The van der Waals surface area contributed by atoms with E-state index < -0.39 is 18.2 Å². The Morgan fingerprint density at radius 3 is 2.45 bits per heavy atom. The first-order valence-corrected chi connectivity index (χ1v) is 9.02. The summed E-state index contributed by atoms with van der Waals surface area (Å²) in [5.74, 6) is -0.104. The van der Waals surface area contributed by atoms with Crippen molar-refractivity contribution in [2.75, 3.05) is 20.7 Å². The number of aromatic nitrogens is 2. The molecule has 1 aromatic heterocycles. The lowest BCUT2D eigenvalue weighted by atomic mass is 9.86. The highest BCUT2D eigenvalue weighted by Gasteiger charge is 2.56. The molecule has 0 spiro atoms. The predicted molar refractivity (Wildman–Crippen MR) is 105 cm³/mol. The minimum absolute atomic E-state index is 0.0729. The Morgan fingerprint density at radius 1 is 1.21 bits per heavy atom. The number of halogens is 3. The Labute approximate surface area is 168 Å². The molecule has 0 radical (unpaired) electrons. The van der Waals surface area contributed by atoms with E-state index >= 15 is 0 Å². The van der Waals surface area contributed by atoms with Crippen LogP contribution < -0.4 is 4.74 Å². The van der Waals surface area contributed by atoms with Gasteiger partial charge in [0.1, 0.15) is 12.1 Å². The first kappa shape index (κ1) is 22.6. The zero-order valence-electron chi connectivity index (χ0n) is 17.1. The van der Waals surface area contributed by atoms with Gasteiger partial charge in [-0.3, -0.25) is 0 Å². The molecule has 1 unspecified atom stereocenters. The molecular weight excluding hydrogens is 385 g/mol. The van der Waals surface area contributed by atoms with Crippen molar-refractivity contribution in [1.82, 2.24) is 14.9 Å². The number of nitrogens with zero attached hydrogens (tertiary/aromatic N) is 4. The SMILES string of the molecule is CCN(C)/C=N/c1cc(OC)c(C(O)(Cc2cc(C)ncn2)C(F)(F)F)cc1C. The van der Waals surface area contributed by atoms with E-state index in [-0.39, 0.29) is 17.0 Å². The van der Waals surface area contributed by atoms with E-state index in [1.807, 2.05) is 18.9 Å². The Morgan fingerprint density at radius 2 is 1.90 bits per heavy atom. The highest BCUT2D eigenvalue weighted by atomic mass is 19.4. The molecule has 0 saturated heterocycles. The fourth-order valence-electron chi connectivity index (χ4n) is 2.77. The molecule has 2 aromatic rings. The third-order valence-corrected chi connectivity index (χ3v) is 4.62. The number of hydrogen-bond acceptors (Lipinski definition) is 5. The van der Waals surface area contributed by atoms with Crippen LogP contribution in [0, 0.1) is 13.8 Å². The van der Waals surface area contributed by atoms with Crippen molar-refractivity contribution in [1.29, 1.82) is 0 Å². The Bertz CT molecular complexity index is 887. The van der Waals surface area contributed by atoms with Gasteiger partial charge in [0, 0.05) is 43.0 Å². The smallest absolute Gasteiger partial charge is 0.421 e. The van der Waals surface area contributed by atoms with E-state index in [0.717, 1.165) is 6.54 Å². The molecule has 1 heterocycles. The van der Waals surface area contributed by atoms with Crippen molar-refractivity contribution in [3.05, 3.63) is 47.0 Å². The second kappa shape index (κ2) is 8.77. The summed E-state index contributed by atoms with van der Waals surface area (Å²) in [5.41, 5.74) is -2.07. The van der Waals surface area contributed by atoms with Crippen molar-refractivity contribution in [2.45, 2.75) is 39.0 Å². The Kier molecular flexibility index (Phi) is 6.84. The zero-order chi connectivity index (χ0) is 21.8. The molecule has 158 valence electrons. The third-order valence-electron chi connectivity index (χ3n) is 4.62. The normalized spacial score (nSPS) is 14.1. The fourth-order valence-corrected chi connectivity index (χ4v) is 2.77. The van der Waals surface area contributed by atoms with Crippen LogP contribution in [-0.2, 0) is 12.0 Å². The number of rotatable bonds is 7. The molecule has 0 aliphatic rings. The molecule has 6 nitrogen and oxygen atoms in total. The second-order valence-corrected chi connectivity index (χ2v) is 6.84. The minimum atomic E-state index is -4.96. The van der Waals surface area contributed by atoms with E-state index in [1.165, 1.54) is 31.6 Å². The van der Waals surface area contributed by atoms with Gasteiger partial charge in [-0.1, -0.05) is 0 Å². The summed E-state index contributed by atoms with van der Waals surface area (Å²) < 4.78 is 47.3. The first-order chi connectivity index (χ1) is 13.5. The second-order valence-electron chi connectivity index (χ2n) is 6.84. The van der Waals surface area contributed by atoms with Gasteiger partial charge < -0.3 is 14.7 Å². The third kappa shape index (κ3) is 5.03. The van der Waals surface area contributed by atoms with Crippen LogP contribution in [0.25, 0.3) is 0 Å². The van der Waals surface area contributed by atoms with Crippen LogP contribution in [0.5, 0.6) is 5.75 Å². The van der Waals surface area contributed by atoms with Gasteiger partial charge in [0.05, 0.1) is 19.1 Å². The van der Waals surface area contributed by atoms with Crippen LogP contribution in [0.3, 0.4) is 0 Å². The van der Waals surface area contributed by atoms with Gasteiger partial charge in [0.25, 0.3) is 0 Å². The van der Waals surface area contributed by atoms with E-state index in [2.05, 4.69) is 15.0 Å². The van der Waals surface area contributed by atoms with Gasteiger partial charge in [-0.2, -0.15) is 13.2 Å². The lowest BCUT2D eigenvalue weighted by molar-refractivity contribution is -0.267. The highest BCUT2D eigenvalue weighted by molar-refractivity contribution is 5.65. The number of aryl methyl sites for hydroxylation is 2. The Hall–Kier alpha value is -2.68. The van der Waals surface area contributed by atoms with Gasteiger partial charge >= 0.3 is 6.18 Å². The fraction of sp³-hybridized carbons (Fsp3) is 0.450. The number of benzene rings is 1. The number of methoxy groups -OCH3 is 1. The van der Waals surface area contributed by atoms with E-state index in [9.17, 15) is 18.3 Å². The zero-order valence-corrected chi connectivity index (χ0v) is 17.1. The maximum absolute atomic E-state index is 14.0. The lowest BCUT2D eigenvalue weighted by Gasteiger charge is -2.32. The molecular formula is C20H25F3N4O2. The van der Waals surface area contributed by atoms with Crippen molar-refractivity contribution in [2.24, 2.45) is 4.99 Å². The average Bonchev–Trinajstić information content (AvgIpc) is 2.65. The average molecular weight is 410 g/mol.